The molecule has 0 spiro atoms. The molecule has 13 heavy (non-hydrogen) atoms. The van der Waals surface area contributed by atoms with E-state index >= 15 is 0 Å². The molecule has 72 valence electrons. The van der Waals surface area contributed by atoms with Crippen LogP contribution < -0.4 is 4.90 Å². The van der Waals surface area contributed by atoms with Gasteiger partial charge in [-0.05, 0) is 34.0 Å². The molecule has 2 nitrogen and oxygen atoms in total. The van der Waals surface area contributed by atoms with E-state index in [-0.39, 0.29) is 0 Å². The Morgan fingerprint density at radius 1 is 1.54 bits per heavy atom. The lowest BCUT2D eigenvalue weighted by Crippen LogP contribution is -2.23. The Kier molecular flexibility index (Phi) is 3.72. The molecule has 3 heteroatoms. The number of hydrogen-bond donors (Lipinski definition) is 0. The second-order valence-corrected chi connectivity index (χ2v) is 4.44. The highest BCUT2D eigenvalue weighted by molar-refractivity contribution is 9.10. The lowest BCUT2D eigenvalue weighted by atomic mass is 10.2. The highest BCUT2D eigenvalue weighted by Gasteiger charge is 2.07. The zero-order valence-corrected chi connectivity index (χ0v) is 9.87. The minimum atomic E-state index is 0.652. The number of aromatic nitrogens is 1. The molecule has 1 rings (SSSR count). The molecule has 0 aliphatic heterocycles. The smallest absolute Gasteiger partial charge is 0.142 e. The molecule has 0 amide bonds. The van der Waals surface area contributed by atoms with Gasteiger partial charge in [0.1, 0.15) is 5.82 Å². The van der Waals surface area contributed by atoms with E-state index in [4.69, 9.17) is 0 Å². The van der Waals surface area contributed by atoms with E-state index in [0.717, 1.165) is 16.8 Å². The van der Waals surface area contributed by atoms with Crippen molar-refractivity contribution in [3.8, 4) is 0 Å². The van der Waals surface area contributed by atoms with Gasteiger partial charge in [0.05, 0.1) is 4.47 Å². The van der Waals surface area contributed by atoms with Crippen LogP contribution in [0, 0.1) is 5.92 Å². The monoisotopic (exact) mass is 242 g/mol. The first-order valence-corrected chi connectivity index (χ1v) is 5.22. The van der Waals surface area contributed by atoms with Gasteiger partial charge in [-0.1, -0.05) is 13.8 Å². The first-order valence-electron chi connectivity index (χ1n) is 4.43. The van der Waals surface area contributed by atoms with Crippen LogP contribution in [0.3, 0.4) is 0 Å². The van der Waals surface area contributed by atoms with Gasteiger partial charge in [0.25, 0.3) is 0 Å². The average molecular weight is 243 g/mol. The van der Waals surface area contributed by atoms with Crippen molar-refractivity contribution in [3.63, 3.8) is 0 Å². The molecule has 1 heterocycles. The lowest BCUT2D eigenvalue weighted by molar-refractivity contribution is 0.634. The van der Waals surface area contributed by atoms with Crippen LogP contribution in [0.1, 0.15) is 13.8 Å². The normalized spacial score (nSPS) is 10.5. The Labute approximate surface area is 88.1 Å². The van der Waals surface area contributed by atoms with Crippen LogP contribution in [-0.4, -0.2) is 18.6 Å². The SMILES string of the molecule is CC(C)CN(C)c1ncccc1Br. The van der Waals surface area contributed by atoms with E-state index in [0.29, 0.717) is 5.92 Å². The average Bonchev–Trinajstić information content (AvgIpc) is 2.03. The van der Waals surface area contributed by atoms with Crippen molar-refractivity contribution < 1.29 is 0 Å². The Morgan fingerprint density at radius 3 is 2.77 bits per heavy atom. The highest BCUT2D eigenvalue weighted by Crippen LogP contribution is 2.22. The van der Waals surface area contributed by atoms with Gasteiger partial charge >= 0.3 is 0 Å². The number of nitrogens with zero attached hydrogens (tertiary/aromatic N) is 2. The Hall–Kier alpha value is -0.570. The molecule has 0 atom stereocenters. The maximum Gasteiger partial charge on any atom is 0.142 e. The van der Waals surface area contributed by atoms with Crippen LogP contribution in [0.2, 0.25) is 0 Å². The summed E-state index contributed by atoms with van der Waals surface area (Å²) in [4.78, 5) is 6.47. The summed E-state index contributed by atoms with van der Waals surface area (Å²) in [5, 5.41) is 0. The quantitative estimate of drug-likeness (QED) is 0.811. The van der Waals surface area contributed by atoms with Crippen molar-refractivity contribution in [2.75, 3.05) is 18.5 Å². The zero-order chi connectivity index (χ0) is 9.84. The van der Waals surface area contributed by atoms with Gasteiger partial charge in [-0.25, -0.2) is 4.98 Å². The molecule has 0 aromatic carbocycles. The summed E-state index contributed by atoms with van der Waals surface area (Å²) < 4.78 is 1.05. The third-order valence-electron chi connectivity index (χ3n) is 1.74. The van der Waals surface area contributed by atoms with Crippen molar-refractivity contribution in [1.29, 1.82) is 0 Å². The van der Waals surface area contributed by atoms with Gasteiger partial charge < -0.3 is 4.90 Å². The van der Waals surface area contributed by atoms with Crippen molar-refractivity contribution in [1.82, 2.24) is 4.98 Å². The van der Waals surface area contributed by atoms with Crippen molar-refractivity contribution >= 4 is 21.7 Å². The van der Waals surface area contributed by atoms with E-state index in [2.05, 4.69) is 46.7 Å². The molecule has 0 unspecified atom stereocenters. The minimum absolute atomic E-state index is 0.652. The molecular weight excluding hydrogens is 228 g/mol. The third-order valence-corrected chi connectivity index (χ3v) is 2.36. The number of halogens is 1. The van der Waals surface area contributed by atoms with Crippen LogP contribution in [-0.2, 0) is 0 Å². The first kappa shape index (κ1) is 10.5. The summed E-state index contributed by atoms with van der Waals surface area (Å²) in [7, 11) is 2.06. The van der Waals surface area contributed by atoms with Gasteiger partial charge in [-0.3, -0.25) is 0 Å². The second-order valence-electron chi connectivity index (χ2n) is 3.58. The Morgan fingerprint density at radius 2 is 2.23 bits per heavy atom. The van der Waals surface area contributed by atoms with Crippen molar-refractivity contribution in [2.24, 2.45) is 5.92 Å². The molecule has 0 bridgehead atoms. The molecule has 0 N–H and O–H groups in total. The fourth-order valence-corrected chi connectivity index (χ4v) is 1.85. The van der Waals surface area contributed by atoms with Gasteiger partial charge in [0.15, 0.2) is 0 Å². The van der Waals surface area contributed by atoms with E-state index in [1.807, 2.05) is 18.3 Å². The summed E-state index contributed by atoms with van der Waals surface area (Å²) >= 11 is 3.48. The highest BCUT2D eigenvalue weighted by atomic mass is 79.9. The fourth-order valence-electron chi connectivity index (χ4n) is 1.29. The zero-order valence-electron chi connectivity index (χ0n) is 8.29. The minimum Gasteiger partial charge on any atom is -0.358 e. The topological polar surface area (TPSA) is 16.1 Å². The number of hydrogen-bond acceptors (Lipinski definition) is 2. The van der Waals surface area contributed by atoms with Crippen LogP contribution in [0.4, 0.5) is 5.82 Å². The van der Waals surface area contributed by atoms with Crippen LogP contribution in [0.5, 0.6) is 0 Å². The maximum atomic E-state index is 4.31. The summed E-state index contributed by atoms with van der Waals surface area (Å²) in [5.41, 5.74) is 0. The van der Waals surface area contributed by atoms with E-state index in [1.165, 1.54) is 0 Å². The van der Waals surface area contributed by atoms with E-state index in [9.17, 15) is 0 Å². The molecule has 0 radical (unpaired) electrons. The summed E-state index contributed by atoms with van der Waals surface area (Å²) in [6.07, 6.45) is 1.82. The summed E-state index contributed by atoms with van der Waals surface area (Å²) in [6, 6.07) is 3.94. The molecular formula is C10H15BrN2. The van der Waals surface area contributed by atoms with Gasteiger partial charge in [0.2, 0.25) is 0 Å². The molecule has 0 saturated carbocycles. The predicted molar refractivity (Wildman–Crippen MR) is 60.0 cm³/mol. The molecule has 0 fully saturated rings. The second kappa shape index (κ2) is 4.61. The molecule has 0 saturated heterocycles. The number of pyridine rings is 1. The maximum absolute atomic E-state index is 4.31. The first-order chi connectivity index (χ1) is 6.11. The molecule has 0 aliphatic rings. The third kappa shape index (κ3) is 2.99. The fraction of sp³-hybridized carbons (Fsp3) is 0.500. The van der Waals surface area contributed by atoms with Gasteiger partial charge in [0, 0.05) is 19.8 Å². The number of anilines is 1. The molecule has 1 aromatic heterocycles. The van der Waals surface area contributed by atoms with Crippen molar-refractivity contribution in [3.05, 3.63) is 22.8 Å². The predicted octanol–water partition coefficient (Wildman–Crippen LogP) is 2.94. The number of rotatable bonds is 3. The molecule has 1 aromatic rings. The van der Waals surface area contributed by atoms with Crippen LogP contribution in [0.25, 0.3) is 0 Å². The van der Waals surface area contributed by atoms with Crippen LogP contribution >= 0.6 is 15.9 Å². The lowest BCUT2D eigenvalue weighted by Gasteiger charge is -2.21. The van der Waals surface area contributed by atoms with Crippen LogP contribution in [0.15, 0.2) is 22.8 Å². The van der Waals surface area contributed by atoms with Crippen molar-refractivity contribution in [2.45, 2.75) is 13.8 Å². The molecule has 0 aliphatic carbocycles. The summed E-state index contributed by atoms with van der Waals surface area (Å²) in [6.45, 7) is 5.43. The van der Waals surface area contributed by atoms with Gasteiger partial charge in [-0.15, -0.1) is 0 Å². The van der Waals surface area contributed by atoms with E-state index in [1.54, 1.807) is 0 Å². The Bertz CT molecular complexity index is 273. The van der Waals surface area contributed by atoms with E-state index < -0.39 is 0 Å². The standard InChI is InChI=1S/C10H15BrN2/c1-8(2)7-13(3)10-9(11)5-4-6-12-10/h4-6,8H,7H2,1-3H3. The van der Waals surface area contributed by atoms with Gasteiger partial charge in [-0.2, -0.15) is 0 Å². The summed E-state index contributed by atoms with van der Waals surface area (Å²) in [5.74, 6) is 1.66. The Balaban J connectivity index is 2.76. The largest absolute Gasteiger partial charge is 0.358 e.